The summed E-state index contributed by atoms with van der Waals surface area (Å²) < 4.78 is 0. The number of nitrogens with zero attached hydrogens (tertiary/aromatic N) is 1. The molecule has 3 heteroatoms. The zero-order chi connectivity index (χ0) is 11.8. The number of carbonyl (C=O) groups is 1. The number of carbonyl (C=O) groups excluding carboxylic acids is 1. The Morgan fingerprint density at radius 2 is 1.82 bits per heavy atom. The molecule has 1 aliphatic heterocycles. The first-order valence-corrected chi connectivity index (χ1v) is 5.80. The van der Waals surface area contributed by atoms with E-state index in [2.05, 4.69) is 0 Å². The summed E-state index contributed by atoms with van der Waals surface area (Å²) in [6.45, 7) is 0. The predicted octanol–water partition coefficient (Wildman–Crippen LogP) is 3.56. The second kappa shape index (κ2) is 3.90. The molecule has 0 N–H and O–H groups in total. The van der Waals surface area contributed by atoms with E-state index >= 15 is 0 Å². The van der Waals surface area contributed by atoms with Crippen molar-refractivity contribution in [3.8, 4) is 0 Å². The van der Waals surface area contributed by atoms with Crippen molar-refractivity contribution in [3.63, 3.8) is 0 Å². The van der Waals surface area contributed by atoms with Crippen molar-refractivity contribution in [1.82, 2.24) is 0 Å². The smallest absolute Gasteiger partial charge is 0.236 e. The Morgan fingerprint density at radius 3 is 2.59 bits per heavy atom. The molecule has 0 radical (unpaired) electrons. The zero-order valence-electron chi connectivity index (χ0n) is 9.06. The Bertz CT molecular complexity index is 580. The van der Waals surface area contributed by atoms with Crippen molar-refractivity contribution in [3.05, 3.63) is 59.1 Å². The molecule has 0 saturated carbocycles. The van der Waals surface area contributed by atoms with E-state index in [0.29, 0.717) is 11.4 Å². The number of para-hydroxylation sites is 1. The third-order valence-corrected chi connectivity index (χ3v) is 3.13. The van der Waals surface area contributed by atoms with Crippen LogP contribution in [0.3, 0.4) is 0 Å². The molecule has 84 valence electrons. The van der Waals surface area contributed by atoms with Crippen molar-refractivity contribution in [2.45, 2.75) is 6.42 Å². The van der Waals surface area contributed by atoms with Crippen LogP contribution in [0.15, 0.2) is 48.5 Å². The van der Waals surface area contributed by atoms with Crippen LogP contribution >= 0.6 is 11.6 Å². The number of halogens is 1. The van der Waals surface area contributed by atoms with Gasteiger partial charge in [-0.05, 0) is 29.8 Å². The van der Waals surface area contributed by atoms with Crippen molar-refractivity contribution < 1.29 is 4.79 Å². The number of anilines is 2. The summed E-state index contributed by atoms with van der Waals surface area (Å²) >= 11 is 5.99. The third-order valence-electron chi connectivity index (χ3n) is 2.89. The van der Waals surface area contributed by atoms with E-state index in [-0.39, 0.29) is 5.91 Å². The fourth-order valence-electron chi connectivity index (χ4n) is 2.13. The highest BCUT2D eigenvalue weighted by molar-refractivity contribution is 6.31. The maximum atomic E-state index is 12.0. The van der Waals surface area contributed by atoms with Gasteiger partial charge in [-0.25, -0.2) is 0 Å². The average Bonchev–Trinajstić information content (AvgIpc) is 2.65. The number of hydrogen-bond donors (Lipinski definition) is 0. The molecule has 2 nitrogen and oxygen atoms in total. The third kappa shape index (κ3) is 1.71. The summed E-state index contributed by atoms with van der Waals surface area (Å²) in [6.07, 6.45) is 0.446. The number of fused-ring (bicyclic) bond motifs is 1. The molecule has 1 amide bonds. The molecule has 1 aliphatic rings. The molecule has 0 spiro atoms. The van der Waals surface area contributed by atoms with Crippen LogP contribution in [0, 0.1) is 0 Å². The fraction of sp³-hybridized carbons (Fsp3) is 0.0714. The molecule has 2 aromatic carbocycles. The molecule has 0 atom stereocenters. The molecule has 0 fully saturated rings. The molecule has 0 unspecified atom stereocenters. The lowest BCUT2D eigenvalue weighted by atomic mass is 10.2. The molecule has 1 heterocycles. The maximum absolute atomic E-state index is 12.0. The molecule has 2 aromatic rings. The first-order chi connectivity index (χ1) is 8.25. The minimum absolute atomic E-state index is 0.0912. The first-order valence-electron chi connectivity index (χ1n) is 5.42. The summed E-state index contributed by atoms with van der Waals surface area (Å²) in [5, 5.41) is 0.652. The average molecular weight is 244 g/mol. The van der Waals surface area contributed by atoms with E-state index in [4.69, 9.17) is 11.6 Å². The summed E-state index contributed by atoms with van der Waals surface area (Å²) in [7, 11) is 0. The van der Waals surface area contributed by atoms with Gasteiger partial charge in [-0.2, -0.15) is 0 Å². The van der Waals surface area contributed by atoms with Gasteiger partial charge in [0.2, 0.25) is 5.91 Å². The highest BCUT2D eigenvalue weighted by Gasteiger charge is 2.28. The fourth-order valence-corrected chi connectivity index (χ4v) is 2.30. The van der Waals surface area contributed by atoms with E-state index in [0.717, 1.165) is 16.9 Å². The molecular weight excluding hydrogens is 234 g/mol. The van der Waals surface area contributed by atoms with Gasteiger partial charge in [-0.1, -0.05) is 35.9 Å². The lowest BCUT2D eigenvalue weighted by molar-refractivity contribution is -0.116. The van der Waals surface area contributed by atoms with Crippen LogP contribution in [-0.2, 0) is 11.2 Å². The van der Waals surface area contributed by atoms with Crippen molar-refractivity contribution in [2.75, 3.05) is 4.90 Å². The number of benzene rings is 2. The second-order valence-electron chi connectivity index (χ2n) is 4.01. The van der Waals surface area contributed by atoms with Crippen LogP contribution in [0.25, 0.3) is 0 Å². The molecule has 0 bridgehead atoms. The van der Waals surface area contributed by atoms with Crippen LogP contribution in [0.2, 0.25) is 5.02 Å². The quantitative estimate of drug-likeness (QED) is 0.750. The first kappa shape index (κ1) is 10.4. The van der Waals surface area contributed by atoms with Gasteiger partial charge >= 0.3 is 0 Å². The van der Waals surface area contributed by atoms with Gasteiger partial charge in [0.05, 0.1) is 12.1 Å². The van der Waals surface area contributed by atoms with Gasteiger partial charge in [0.25, 0.3) is 0 Å². The van der Waals surface area contributed by atoms with Gasteiger partial charge in [0.1, 0.15) is 0 Å². The Morgan fingerprint density at radius 1 is 1.06 bits per heavy atom. The highest BCUT2D eigenvalue weighted by atomic mass is 35.5. The monoisotopic (exact) mass is 243 g/mol. The SMILES string of the molecule is O=C1Cc2ccc(Cl)cc2N1c1ccccc1. The molecule has 0 saturated heterocycles. The summed E-state index contributed by atoms with van der Waals surface area (Å²) in [5.41, 5.74) is 2.82. The normalized spacial score (nSPS) is 13.9. The summed E-state index contributed by atoms with van der Waals surface area (Å²) in [4.78, 5) is 13.7. The van der Waals surface area contributed by atoms with Crippen LogP contribution < -0.4 is 4.90 Å². The lowest BCUT2D eigenvalue weighted by Gasteiger charge is -2.17. The van der Waals surface area contributed by atoms with E-state index < -0.39 is 0 Å². The Balaban J connectivity index is 2.14. The minimum atomic E-state index is 0.0912. The molecule has 17 heavy (non-hydrogen) atoms. The Kier molecular flexibility index (Phi) is 2.37. The van der Waals surface area contributed by atoms with Crippen LogP contribution in [0.5, 0.6) is 0 Å². The Hall–Kier alpha value is -1.80. The van der Waals surface area contributed by atoms with Crippen LogP contribution in [-0.4, -0.2) is 5.91 Å². The number of amides is 1. The van der Waals surface area contributed by atoms with E-state index in [9.17, 15) is 4.79 Å². The van der Waals surface area contributed by atoms with Gasteiger partial charge < -0.3 is 0 Å². The standard InChI is InChI=1S/C14H10ClNO/c15-11-7-6-10-8-14(17)16(13(10)9-11)12-4-2-1-3-5-12/h1-7,9H,8H2. The molecular formula is C14H10ClNO. The van der Waals surface area contributed by atoms with E-state index in [1.807, 2.05) is 48.5 Å². The lowest BCUT2D eigenvalue weighted by Crippen LogP contribution is -2.20. The minimum Gasteiger partial charge on any atom is -0.280 e. The predicted molar refractivity (Wildman–Crippen MR) is 68.7 cm³/mol. The van der Waals surface area contributed by atoms with Crippen molar-refractivity contribution in [2.24, 2.45) is 0 Å². The highest BCUT2D eigenvalue weighted by Crippen LogP contribution is 2.36. The van der Waals surface area contributed by atoms with Gasteiger partial charge in [-0.3, -0.25) is 9.69 Å². The van der Waals surface area contributed by atoms with Crippen LogP contribution in [0.4, 0.5) is 11.4 Å². The topological polar surface area (TPSA) is 20.3 Å². The number of rotatable bonds is 1. The van der Waals surface area contributed by atoms with Crippen molar-refractivity contribution >= 4 is 28.9 Å². The van der Waals surface area contributed by atoms with E-state index in [1.54, 1.807) is 4.90 Å². The van der Waals surface area contributed by atoms with Gasteiger partial charge in [0.15, 0.2) is 0 Å². The summed E-state index contributed by atoms with van der Waals surface area (Å²) in [6, 6.07) is 15.2. The van der Waals surface area contributed by atoms with Crippen molar-refractivity contribution in [1.29, 1.82) is 0 Å². The molecule has 0 aromatic heterocycles. The maximum Gasteiger partial charge on any atom is 0.236 e. The molecule has 3 rings (SSSR count). The zero-order valence-corrected chi connectivity index (χ0v) is 9.82. The molecule has 0 aliphatic carbocycles. The summed E-state index contributed by atoms with van der Waals surface area (Å²) in [5.74, 6) is 0.0912. The van der Waals surface area contributed by atoms with Crippen LogP contribution in [0.1, 0.15) is 5.56 Å². The van der Waals surface area contributed by atoms with Gasteiger partial charge in [0, 0.05) is 10.7 Å². The largest absolute Gasteiger partial charge is 0.280 e. The number of hydrogen-bond acceptors (Lipinski definition) is 1. The van der Waals surface area contributed by atoms with E-state index in [1.165, 1.54) is 0 Å². The second-order valence-corrected chi connectivity index (χ2v) is 4.45. The van der Waals surface area contributed by atoms with Gasteiger partial charge in [-0.15, -0.1) is 0 Å². The Labute approximate surface area is 104 Å².